The second kappa shape index (κ2) is 8.92. The Morgan fingerprint density at radius 3 is 2.48 bits per heavy atom. The van der Waals surface area contributed by atoms with Crippen molar-refractivity contribution in [1.29, 1.82) is 0 Å². The van der Waals surface area contributed by atoms with Gasteiger partial charge in [-0.05, 0) is 18.9 Å². The van der Waals surface area contributed by atoms with Crippen molar-refractivity contribution in [3.8, 4) is 0 Å². The van der Waals surface area contributed by atoms with Crippen LogP contribution in [0.2, 0.25) is 0 Å². The minimum absolute atomic E-state index is 0.0948. The first-order valence-electron chi connectivity index (χ1n) is 6.81. The number of carbonyl (C=O) groups excluding carboxylic acids is 2. The van der Waals surface area contributed by atoms with Gasteiger partial charge in [-0.3, -0.25) is 14.7 Å². The number of likely N-dealkylation sites (N-methyl/N-ethyl adjacent to an activating group) is 1. The van der Waals surface area contributed by atoms with E-state index in [0.717, 1.165) is 5.56 Å². The number of hydroxylamine groups is 2. The lowest BCUT2D eigenvalue weighted by Gasteiger charge is -2.17. The fourth-order valence-electron chi connectivity index (χ4n) is 1.72. The molecule has 1 rings (SSSR count). The summed E-state index contributed by atoms with van der Waals surface area (Å²) < 4.78 is 4.91. The number of aryl methyl sites for hydroxylation is 1. The van der Waals surface area contributed by atoms with Gasteiger partial charge in [0.25, 0.3) is 0 Å². The molecule has 5 heteroatoms. The molecule has 0 heterocycles. The molecule has 0 aliphatic carbocycles. The first kappa shape index (κ1) is 16.9. The Bertz CT molecular complexity index is 496. The summed E-state index contributed by atoms with van der Waals surface area (Å²) in [6.07, 6.45) is 2.22. The molecule has 0 aliphatic rings. The van der Waals surface area contributed by atoms with Gasteiger partial charge in [-0.2, -0.15) is 0 Å². The van der Waals surface area contributed by atoms with E-state index in [0.29, 0.717) is 12.8 Å². The molecule has 1 aromatic rings. The minimum atomic E-state index is -0.574. The van der Waals surface area contributed by atoms with Crippen LogP contribution in [0.15, 0.2) is 42.1 Å². The second-order valence-electron chi connectivity index (χ2n) is 4.38. The van der Waals surface area contributed by atoms with E-state index in [1.807, 2.05) is 30.3 Å². The lowest BCUT2D eigenvalue weighted by molar-refractivity contribution is -0.150. The average Bonchev–Trinajstić information content (AvgIpc) is 2.51. The van der Waals surface area contributed by atoms with Gasteiger partial charge in [0.1, 0.15) is 0 Å². The Balaban J connectivity index is 2.70. The lowest BCUT2D eigenvalue weighted by atomic mass is 10.1. The molecule has 114 valence electrons. The van der Waals surface area contributed by atoms with Gasteiger partial charge in [-0.25, -0.2) is 4.79 Å². The normalized spacial score (nSPS) is 11.1. The van der Waals surface area contributed by atoms with Gasteiger partial charge in [-0.1, -0.05) is 30.3 Å². The quantitative estimate of drug-likeness (QED) is 0.417. The predicted molar refractivity (Wildman–Crippen MR) is 79.3 cm³/mol. The molecule has 0 unspecified atom stereocenters. The van der Waals surface area contributed by atoms with Crippen molar-refractivity contribution in [3.63, 3.8) is 0 Å². The number of nitrogens with zero attached hydrogens (tertiary/aromatic N) is 1. The molecule has 21 heavy (non-hydrogen) atoms. The van der Waals surface area contributed by atoms with E-state index in [-0.39, 0.29) is 18.1 Å². The Morgan fingerprint density at radius 2 is 1.90 bits per heavy atom. The number of ketones is 1. The Kier molecular flexibility index (Phi) is 7.18. The smallest absolute Gasteiger partial charge is 0.357 e. The van der Waals surface area contributed by atoms with Crippen molar-refractivity contribution >= 4 is 11.8 Å². The van der Waals surface area contributed by atoms with Crippen LogP contribution < -0.4 is 0 Å². The van der Waals surface area contributed by atoms with Gasteiger partial charge in [-0.15, -0.1) is 0 Å². The van der Waals surface area contributed by atoms with Crippen molar-refractivity contribution < 1.29 is 19.2 Å². The van der Waals surface area contributed by atoms with Gasteiger partial charge in [0.2, 0.25) is 0 Å². The fourth-order valence-corrected chi connectivity index (χ4v) is 1.72. The molecule has 1 aromatic carbocycles. The van der Waals surface area contributed by atoms with E-state index >= 15 is 0 Å². The number of esters is 1. The summed E-state index contributed by atoms with van der Waals surface area (Å²) in [7, 11) is 2.97. The molecule has 0 radical (unpaired) electrons. The fraction of sp³-hybridized carbons (Fsp3) is 0.375. The van der Waals surface area contributed by atoms with Gasteiger partial charge in [0.15, 0.2) is 11.5 Å². The van der Waals surface area contributed by atoms with Crippen LogP contribution in [0, 0.1) is 0 Å². The van der Waals surface area contributed by atoms with E-state index in [9.17, 15) is 9.59 Å². The van der Waals surface area contributed by atoms with Crippen molar-refractivity contribution in [1.82, 2.24) is 5.06 Å². The molecular weight excluding hydrogens is 270 g/mol. The molecular formula is C16H21NO4. The number of ether oxygens (including phenoxy) is 1. The SMILES string of the molecule is CCOC(=O)/C(=C/C(=O)CCc1ccccc1)N(C)OC. The van der Waals surface area contributed by atoms with Crippen molar-refractivity contribution in [2.24, 2.45) is 0 Å². The average molecular weight is 291 g/mol. The van der Waals surface area contributed by atoms with E-state index in [1.165, 1.54) is 18.2 Å². The highest BCUT2D eigenvalue weighted by atomic mass is 16.7. The van der Waals surface area contributed by atoms with E-state index in [4.69, 9.17) is 9.57 Å². The standard InChI is InChI=1S/C16H21NO4/c1-4-21-16(19)15(17(2)20-3)12-14(18)11-10-13-8-6-5-7-9-13/h5-9,12H,4,10-11H2,1-3H3/b15-12-. The van der Waals surface area contributed by atoms with Crippen LogP contribution in [0.3, 0.4) is 0 Å². The highest BCUT2D eigenvalue weighted by Gasteiger charge is 2.17. The number of benzene rings is 1. The van der Waals surface area contributed by atoms with Gasteiger partial charge in [0, 0.05) is 19.5 Å². The summed E-state index contributed by atoms with van der Waals surface area (Å²) in [6, 6.07) is 9.71. The topological polar surface area (TPSA) is 55.8 Å². The molecule has 5 nitrogen and oxygen atoms in total. The van der Waals surface area contributed by atoms with Crippen LogP contribution in [0.5, 0.6) is 0 Å². The third-order valence-electron chi connectivity index (χ3n) is 2.90. The highest BCUT2D eigenvalue weighted by Crippen LogP contribution is 2.08. The lowest BCUT2D eigenvalue weighted by Crippen LogP contribution is -2.25. The largest absolute Gasteiger partial charge is 0.461 e. The maximum atomic E-state index is 12.0. The third-order valence-corrected chi connectivity index (χ3v) is 2.90. The van der Waals surface area contributed by atoms with Crippen molar-refractivity contribution in [3.05, 3.63) is 47.7 Å². The zero-order valence-electron chi connectivity index (χ0n) is 12.7. The van der Waals surface area contributed by atoms with Crippen LogP contribution in [0.25, 0.3) is 0 Å². The zero-order valence-corrected chi connectivity index (χ0v) is 12.7. The summed E-state index contributed by atoms with van der Waals surface area (Å²) in [4.78, 5) is 28.7. The molecule has 0 saturated carbocycles. The maximum Gasteiger partial charge on any atom is 0.357 e. The van der Waals surface area contributed by atoms with Crippen LogP contribution >= 0.6 is 0 Å². The number of hydrogen-bond acceptors (Lipinski definition) is 5. The highest BCUT2D eigenvalue weighted by molar-refractivity contribution is 5.98. The number of allylic oxidation sites excluding steroid dienone is 1. The van der Waals surface area contributed by atoms with Crippen LogP contribution in [0.4, 0.5) is 0 Å². The van der Waals surface area contributed by atoms with Gasteiger partial charge < -0.3 is 4.74 Å². The van der Waals surface area contributed by atoms with Crippen LogP contribution in [0.1, 0.15) is 18.9 Å². The molecule has 0 bridgehead atoms. The van der Waals surface area contributed by atoms with E-state index in [2.05, 4.69) is 0 Å². The van der Waals surface area contributed by atoms with E-state index in [1.54, 1.807) is 14.0 Å². The first-order valence-corrected chi connectivity index (χ1v) is 6.81. The van der Waals surface area contributed by atoms with Crippen LogP contribution in [-0.2, 0) is 25.6 Å². The molecule has 0 fully saturated rings. The summed E-state index contributed by atoms with van der Waals surface area (Å²) >= 11 is 0. The first-order chi connectivity index (χ1) is 10.1. The molecule has 0 aliphatic heterocycles. The molecule has 0 N–H and O–H groups in total. The third kappa shape index (κ3) is 5.79. The predicted octanol–water partition coefficient (Wildman–Crippen LogP) is 2.13. The monoisotopic (exact) mass is 291 g/mol. The second-order valence-corrected chi connectivity index (χ2v) is 4.38. The maximum absolute atomic E-state index is 12.0. The zero-order chi connectivity index (χ0) is 15.7. The van der Waals surface area contributed by atoms with Gasteiger partial charge >= 0.3 is 5.97 Å². The van der Waals surface area contributed by atoms with Gasteiger partial charge in [0.05, 0.1) is 13.7 Å². The molecule has 0 aromatic heterocycles. The molecule has 0 atom stereocenters. The summed E-state index contributed by atoms with van der Waals surface area (Å²) in [5, 5.41) is 1.22. The number of hydrogen-bond donors (Lipinski definition) is 0. The number of rotatable bonds is 8. The number of carbonyl (C=O) groups is 2. The van der Waals surface area contributed by atoms with Crippen LogP contribution in [-0.4, -0.2) is 37.6 Å². The summed E-state index contributed by atoms with van der Waals surface area (Å²) in [5.74, 6) is -0.722. The van der Waals surface area contributed by atoms with E-state index < -0.39 is 5.97 Å². The molecule has 0 amide bonds. The summed E-state index contributed by atoms with van der Waals surface area (Å²) in [5.41, 5.74) is 1.18. The van der Waals surface area contributed by atoms with Crippen molar-refractivity contribution in [2.75, 3.05) is 20.8 Å². The Labute approximate surface area is 125 Å². The Morgan fingerprint density at radius 1 is 1.24 bits per heavy atom. The minimum Gasteiger partial charge on any atom is -0.461 e. The molecule has 0 saturated heterocycles. The summed E-state index contributed by atoms with van der Waals surface area (Å²) in [6.45, 7) is 1.95. The Hall–Kier alpha value is -2.14. The molecule has 0 spiro atoms. The van der Waals surface area contributed by atoms with Crippen molar-refractivity contribution in [2.45, 2.75) is 19.8 Å².